The summed E-state index contributed by atoms with van der Waals surface area (Å²) < 4.78 is 8.38. The molecule has 36 heavy (non-hydrogen) atoms. The second-order valence-electron chi connectivity index (χ2n) is 9.87. The summed E-state index contributed by atoms with van der Waals surface area (Å²) in [4.78, 5) is 12.7. The van der Waals surface area contributed by atoms with Gasteiger partial charge >= 0.3 is 0 Å². The Bertz CT molecular complexity index is 1150. The van der Waals surface area contributed by atoms with Crippen LogP contribution >= 0.6 is 23.1 Å². The van der Waals surface area contributed by atoms with E-state index in [0.29, 0.717) is 22.1 Å². The Balaban J connectivity index is 1.39. The molecule has 1 fully saturated rings. The molecule has 194 valence electrons. The van der Waals surface area contributed by atoms with E-state index in [1.807, 2.05) is 29.7 Å². The molecule has 2 heterocycles. The maximum absolute atomic E-state index is 12.7. The number of hydrogen-bond acceptors (Lipinski definition) is 8. The molecule has 1 aliphatic rings. The number of ether oxygens (including phenoxy) is 1. The first kappa shape index (κ1) is 26.6. The number of anilines is 1. The maximum atomic E-state index is 12.7. The largest absolute Gasteiger partial charge is 0.482 e. The molecule has 1 unspecified atom stereocenters. The van der Waals surface area contributed by atoms with E-state index in [0.717, 1.165) is 35.0 Å². The number of para-hydroxylation sites is 1. The minimum absolute atomic E-state index is 0.119. The van der Waals surface area contributed by atoms with Crippen molar-refractivity contribution in [3.63, 3.8) is 0 Å². The average molecular weight is 529 g/mol. The molecule has 0 aliphatic heterocycles. The van der Waals surface area contributed by atoms with E-state index >= 15 is 0 Å². The minimum Gasteiger partial charge on any atom is -0.482 e. The second-order valence-corrected chi connectivity index (χ2v) is 11.8. The number of thioether (sulfide) groups is 1. The van der Waals surface area contributed by atoms with E-state index in [9.17, 15) is 4.79 Å². The third-order valence-corrected chi connectivity index (χ3v) is 8.33. The maximum Gasteiger partial charge on any atom is 0.236 e. The third kappa shape index (κ3) is 6.45. The molecule has 1 amide bonds. The molecule has 10 heteroatoms. The van der Waals surface area contributed by atoms with E-state index < -0.39 is 0 Å². The molecule has 4 rings (SSSR count). The molecule has 2 aromatic heterocycles. The number of benzene rings is 1. The van der Waals surface area contributed by atoms with Crippen molar-refractivity contribution >= 4 is 34.1 Å². The van der Waals surface area contributed by atoms with Crippen LogP contribution in [-0.4, -0.2) is 36.6 Å². The Labute approximate surface area is 221 Å². The summed E-state index contributed by atoms with van der Waals surface area (Å²) >= 11 is 2.86. The van der Waals surface area contributed by atoms with Crippen LogP contribution in [-0.2, 0) is 4.79 Å². The van der Waals surface area contributed by atoms with Gasteiger partial charge in [0.2, 0.25) is 11.0 Å². The summed E-state index contributed by atoms with van der Waals surface area (Å²) in [6.45, 7) is 10.5. The summed E-state index contributed by atoms with van der Waals surface area (Å²) in [6.07, 6.45) is 5.83. The number of carbonyl (C=O) groups excluding carboxylic acids is 1. The Morgan fingerprint density at radius 3 is 2.56 bits per heavy atom. The molecule has 0 spiro atoms. The van der Waals surface area contributed by atoms with Gasteiger partial charge in [-0.1, -0.05) is 74.4 Å². The highest BCUT2D eigenvalue weighted by Gasteiger charge is 2.24. The number of carbonyl (C=O) groups is 1. The van der Waals surface area contributed by atoms with E-state index in [-0.39, 0.29) is 23.8 Å². The molecule has 1 N–H and O–H groups in total. The zero-order valence-electron chi connectivity index (χ0n) is 21.7. The predicted molar refractivity (Wildman–Crippen MR) is 145 cm³/mol. The van der Waals surface area contributed by atoms with Gasteiger partial charge in [0.05, 0.1) is 5.75 Å². The highest BCUT2D eigenvalue weighted by molar-refractivity contribution is 7.99. The average Bonchev–Trinajstić information content (AvgIpc) is 3.51. The van der Waals surface area contributed by atoms with Crippen LogP contribution in [0.3, 0.4) is 0 Å². The fraction of sp³-hybridized carbons (Fsp3) is 0.577. The van der Waals surface area contributed by atoms with Crippen molar-refractivity contribution in [3.05, 3.63) is 40.7 Å². The van der Waals surface area contributed by atoms with Crippen molar-refractivity contribution < 1.29 is 9.53 Å². The summed E-state index contributed by atoms with van der Waals surface area (Å²) in [5, 5.41) is 22.6. The molecule has 0 radical (unpaired) electrons. The number of aromatic nitrogens is 5. The number of rotatable bonds is 10. The fourth-order valence-electron chi connectivity index (χ4n) is 4.54. The summed E-state index contributed by atoms with van der Waals surface area (Å²) in [5.74, 6) is 2.53. The number of hydrogen-bond donors (Lipinski definition) is 1. The normalized spacial score (nSPS) is 15.4. The van der Waals surface area contributed by atoms with Crippen LogP contribution in [0.1, 0.15) is 107 Å². The Morgan fingerprint density at radius 1 is 1.08 bits per heavy atom. The molecule has 8 nitrogen and oxygen atoms in total. The van der Waals surface area contributed by atoms with Gasteiger partial charge in [0.1, 0.15) is 10.8 Å². The van der Waals surface area contributed by atoms with Gasteiger partial charge in [-0.05, 0) is 51.2 Å². The monoisotopic (exact) mass is 528 g/mol. The van der Waals surface area contributed by atoms with Gasteiger partial charge in [0, 0.05) is 12.0 Å². The van der Waals surface area contributed by atoms with Crippen LogP contribution in [0.25, 0.3) is 0 Å². The Kier molecular flexibility index (Phi) is 9.00. The summed E-state index contributed by atoms with van der Waals surface area (Å²) in [6, 6.07) is 8.22. The number of amides is 1. The van der Waals surface area contributed by atoms with Crippen molar-refractivity contribution in [1.29, 1.82) is 0 Å². The fourth-order valence-corrected chi connectivity index (χ4v) is 6.35. The van der Waals surface area contributed by atoms with Gasteiger partial charge in [-0.15, -0.1) is 20.4 Å². The lowest BCUT2D eigenvalue weighted by Crippen LogP contribution is -2.17. The quantitative estimate of drug-likeness (QED) is 0.291. The molecular formula is C26H36N6O2S2. The molecule has 1 saturated carbocycles. The first-order chi connectivity index (χ1) is 17.3. The van der Waals surface area contributed by atoms with Gasteiger partial charge in [-0.3, -0.25) is 10.1 Å². The van der Waals surface area contributed by atoms with Crippen molar-refractivity contribution in [2.75, 3.05) is 11.1 Å². The highest BCUT2D eigenvalue weighted by Crippen LogP contribution is 2.35. The van der Waals surface area contributed by atoms with Crippen molar-refractivity contribution in [1.82, 2.24) is 25.0 Å². The molecular weight excluding hydrogens is 492 g/mol. The van der Waals surface area contributed by atoms with E-state index in [1.165, 1.54) is 42.4 Å². The lowest BCUT2D eigenvalue weighted by molar-refractivity contribution is -0.113. The molecule has 1 atom stereocenters. The third-order valence-electron chi connectivity index (χ3n) is 6.39. The second kappa shape index (κ2) is 12.2. The van der Waals surface area contributed by atoms with Gasteiger partial charge < -0.3 is 9.30 Å². The molecule has 1 aliphatic carbocycles. The summed E-state index contributed by atoms with van der Waals surface area (Å²) in [7, 11) is 0. The topological polar surface area (TPSA) is 94.8 Å². The smallest absolute Gasteiger partial charge is 0.236 e. The van der Waals surface area contributed by atoms with Gasteiger partial charge in [-0.25, -0.2) is 0 Å². The summed E-state index contributed by atoms with van der Waals surface area (Å²) in [5.41, 5.74) is 1.16. The zero-order chi connectivity index (χ0) is 25.7. The Morgan fingerprint density at radius 2 is 1.83 bits per heavy atom. The SMILES string of the molecule is CC(C)c1ccccc1OC(C)c1nnc(SCC(=O)Nc2nnc(C3CCCCC3)s2)n1C(C)C. The standard InChI is InChI=1S/C26H36N6O2S2/c1-16(2)20-13-9-10-14-21(20)34-18(5)23-28-31-26(32(23)17(3)4)35-15-22(33)27-25-30-29-24(36-25)19-11-7-6-8-12-19/h9-10,13-14,16-19H,6-8,11-12,15H2,1-5H3,(H,27,30,33). The first-order valence-electron chi connectivity index (χ1n) is 12.8. The highest BCUT2D eigenvalue weighted by atomic mass is 32.2. The van der Waals surface area contributed by atoms with Crippen LogP contribution in [0.15, 0.2) is 29.4 Å². The van der Waals surface area contributed by atoms with Crippen LogP contribution in [0.4, 0.5) is 5.13 Å². The van der Waals surface area contributed by atoms with Crippen LogP contribution in [0.2, 0.25) is 0 Å². The number of nitrogens with one attached hydrogen (secondary N) is 1. The van der Waals surface area contributed by atoms with E-state index in [1.54, 1.807) is 0 Å². The van der Waals surface area contributed by atoms with Crippen molar-refractivity contribution in [3.8, 4) is 5.75 Å². The van der Waals surface area contributed by atoms with Gasteiger partial charge in [-0.2, -0.15) is 0 Å². The van der Waals surface area contributed by atoms with Crippen molar-refractivity contribution in [2.24, 2.45) is 0 Å². The number of nitrogens with zero attached hydrogens (tertiary/aromatic N) is 5. The van der Waals surface area contributed by atoms with E-state index in [4.69, 9.17) is 4.74 Å². The minimum atomic E-state index is -0.289. The van der Waals surface area contributed by atoms with E-state index in [2.05, 4.69) is 59.5 Å². The molecule has 0 saturated heterocycles. The lowest BCUT2D eigenvalue weighted by atomic mass is 9.90. The van der Waals surface area contributed by atoms with Crippen LogP contribution < -0.4 is 10.1 Å². The predicted octanol–water partition coefficient (Wildman–Crippen LogP) is 6.75. The Hall–Kier alpha value is -2.46. The van der Waals surface area contributed by atoms with Crippen molar-refractivity contribution in [2.45, 2.75) is 95.9 Å². The van der Waals surface area contributed by atoms with Gasteiger partial charge in [0.25, 0.3) is 0 Å². The van der Waals surface area contributed by atoms with Crippen LogP contribution in [0, 0.1) is 0 Å². The zero-order valence-corrected chi connectivity index (χ0v) is 23.4. The molecule has 1 aromatic carbocycles. The first-order valence-corrected chi connectivity index (χ1v) is 14.6. The van der Waals surface area contributed by atoms with Gasteiger partial charge in [0.15, 0.2) is 17.1 Å². The van der Waals surface area contributed by atoms with Crippen LogP contribution in [0.5, 0.6) is 5.75 Å². The molecule has 0 bridgehead atoms. The molecule has 3 aromatic rings. The lowest BCUT2D eigenvalue weighted by Gasteiger charge is -2.21.